The van der Waals surface area contributed by atoms with Crippen molar-refractivity contribution in [2.24, 2.45) is 0 Å². The molecule has 1 amide bonds. The van der Waals surface area contributed by atoms with Gasteiger partial charge >= 0.3 is 0 Å². The molecule has 31 heavy (non-hydrogen) atoms. The molecule has 0 saturated carbocycles. The van der Waals surface area contributed by atoms with Crippen LogP contribution in [0.5, 0.6) is 0 Å². The number of rotatable bonds is 6. The van der Waals surface area contributed by atoms with Gasteiger partial charge < -0.3 is 5.32 Å². The number of carbonyl (C=O) groups excluding carboxylic acids is 1. The third kappa shape index (κ3) is 6.28. The van der Waals surface area contributed by atoms with Crippen molar-refractivity contribution < 1.29 is 4.79 Å². The molecular weight excluding hydrogens is 519 g/mol. The second-order valence-corrected chi connectivity index (χ2v) is 9.98. The molecule has 3 aromatic rings. The first-order valence-corrected chi connectivity index (χ1v) is 12.3. The summed E-state index contributed by atoms with van der Waals surface area (Å²) in [6.07, 6.45) is 0. The van der Waals surface area contributed by atoms with E-state index in [-0.39, 0.29) is 5.91 Å². The van der Waals surface area contributed by atoms with Gasteiger partial charge in [0.2, 0.25) is 5.91 Å². The third-order valence-electron chi connectivity index (χ3n) is 5.11. The molecule has 9 heteroatoms. The first-order valence-electron chi connectivity index (χ1n) is 9.86. The predicted octanol–water partition coefficient (Wildman–Crippen LogP) is 5.64. The maximum Gasteiger partial charge on any atom is 0.240 e. The highest BCUT2D eigenvalue weighted by Crippen LogP contribution is 2.26. The van der Waals surface area contributed by atoms with Crippen molar-refractivity contribution in [2.75, 3.05) is 38.0 Å². The fourth-order valence-corrected chi connectivity index (χ4v) is 4.77. The van der Waals surface area contributed by atoms with Crippen LogP contribution < -0.4 is 5.32 Å². The molecule has 4 rings (SSSR count). The van der Waals surface area contributed by atoms with E-state index in [1.165, 1.54) is 11.3 Å². The van der Waals surface area contributed by atoms with E-state index in [2.05, 4.69) is 36.0 Å². The number of nitrogens with one attached hydrogen (secondary N) is 1. The van der Waals surface area contributed by atoms with Gasteiger partial charge in [0.25, 0.3) is 0 Å². The lowest BCUT2D eigenvalue weighted by molar-refractivity contribution is -0.117. The highest BCUT2D eigenvalue weighted by atomic mass is 79.9. The third-order valence-corrected chi connectivity index (χ3v) is 7.14. The Kier molecular flexibility index (Phi) is 7.63. The van der Waals surface area contributed by atoms with Gasteiger partial charge in [-0.25, -0.2) is 4.98 Å². The zero-order valence-corrected chi connectivity index (χ0v) is 20.6. The summed E-state index contributed by atoms with van der Waals surface area (Å²) in [5.74, 6) is -0.0327. The molecule has 1 aliphatic heterocycles. The lowest BCUT2D eigenvalue weighted by Crippen LogP contribution is -2.48. The molecule has 0 radical (unpaired) electrons. The van der Waals surface area contributed by atoms with Crippen LogP contribution >= 0.6 is 50.5 Å². The monoisotopic (exact) mass is 538 g/mol. The number of nitrogens with zero attached hydrogens (tertiary/aromatic N) is 3. The van der Waals surface area contributed by atoms with E-state index >= 15 is 0 Å². The molecule has 1 N–H and O–H groups in total. The van der Waals surface area contributed by atoms with E-state index in [0.717, 1.165) is 54.0 Å². The van der Waals surface area contributed by atoms with Crippen LogP contribution in [0.3, 0.4) is 0 Å². The summed E-state index contributed by atoms with van der Waals surface area (Å²) in [6, 6.07) is 13.7. The zero-order valence-electron chi connectivity index (χ0n) is 16.7. The molecule has 2 aromatic carbocycles. The Morgan fingerprint density at radius 2 is 1.74 bits per heavy atom. The average molecular weight is 540 g/mol. The summed E-state index contributed by atoms with van der Waals surface area (Å²) in [4.78, 5) is 21.6. The van der Waals surface area contributed by atoms with Gasteiger partial charge in [-0.1, -0.05) is 57.3 Å². The largest absolute Gasteiger partial charge is 0.301 e. The topological polar surface area (TPSA) is 48.5 Å². The molecule has 1 fully saturated rings. The number of benzene rings is 2. The molecule has 1 saturated heterocycles. The van der Waals surface area contributed by atoms with E-state index in [4.69, 9.17) is 23.2 Å². The molecule has 0 unspecified atom stereocenters. The molecule has 1 aromatic heterocycles. The maximum atomic E-state index is 12.5. The van der Waals surface area contributed by atoms with Crippen molar-refractivity contribution in [2.45, 2.75) is 6.54 Å². The first-order chi connectivity index (χ1) is 15.0. The molecule has 0 spiro atoms. The highest BCUT2D eigenvalue weighted by molar-refractivity contribution is 9.10. The van der Waals surface area contributed by atoms with Gasteiger partial charge in [0.1, 0.15) is 0 Å². The van der Waals surface area contributed by atoms with Crippen LogP contribution in [-0.2, 0) is 11.3 Å². The number of piperazine rings is 1. The smallest absolute Gasteiger partial charge is 0.240 e. The number of hydrogen-bond donors (Lipinski definition) is 1. The zero-order chi connectivity index (χ0) is 21.8. The van der Waals surface area contributed by atoms with Gasteiger partial charge in [-0.15, -0.1) is 11.3 Å². The Balaban J connectivity index is 1.24. The fraction of sp³-hybridized carbons (Fsp3) is 0.273. The van der Waals surface area contributed by atoms with E-state index in [0.29, 0.717) is 21.7 Å². The number of anilines is 1. The predicted molar refractivity (Wildman–Crippen MR) is 132 cm³/mol. The maximum absolute atomic E-state index is 12.5. The SMILES string of the molecule is O=C(CN1CCN(Cc2ccc(Cl)c(Cl)c2)CC1)Nc1nc(-c2ccc(Br)cc2)cs1. The Hall–Kier alpha value is -1.48. The van der Waals surface area contributed by atoms with E-state index < -0.39 is 0 Å². The average Bonchev–Trinajstić information content (AvgIpc) is 3.21. The molecule has 0 atom stereocenters. The Morgan fingerprint density at radius 3 is 2.45 bits per heavy atom. The Bertz CT molecular complexity index is 1050. The Morgan fingerprint density at radius 1 is 1.03 bits per heavy atom. The van der Waals surface area contributed by atoms with Crippen LogP contribution in [0.25, 0.3) is 11.3 Å². The highest BCUT2D eigenvalue weighted by Gasteiger charge is 2.20. The molecule has 0 bridgehead atoms. The standard InChI is InChI=1S/C22H21BrCl2N4OS/c23-17-4-2-16(3-5-17)20-14-31-22(26-20)27-21(30)13-29-9-7-28(8-10-29)12-15-1-6-18(24)19(25)11-15/h1-6,11,14H,7-10,12-13H2,(H,26,27,30). The lowest BCUT2D eigenvalue weighted by atomic mass is 10.2. The van der Waals surface area contributed by atoms with Gasteiger partial charge in [0.15, 0.2) is 5.13 Å². The fourth-order valence-electron chi connectivity index (χ4n) is 3.45. The second-order valence-electron chi connectivity index (χ2n) is 7.39. The van der Waals surface area contributed by atoms with Crippen molar-refractivity contribution in [3.63, 3.8) is 0 Å². The van der Waals surface area contributed by atoms with Crippen molar-refractivity contribution in [1.82, 2.24) is 14.8 Å². The Labute approximate surface area is 204 Å². The van der Waals surface area contributed by atoms with Gasteiger partial charge in [-0.3, -0.25) is 14.6 Å². The summed E-state index contributed by atoms with van der Waals surface area (Å²) in [5, 5.41) is 6.67. The van der Waals surface area contributed by atoms with Crippen molar-refractivity contribution in [3.8, 4) is 11.3 Å². The molecule has 5 nitrogen and oxygen atoms in total. The number of amides is 1. The van der Waals surface area contributed by atoms with Crippen molar-refractivity contribution in [1.29, 1.82) is 0 Å². The van der Waals surface area contributed by atoms with E-state index in [1.807, 2.05) is 47.8 Å². The van der Waals surface area contributed by atoms with E-state index in [9.17, 15) is 4.79 Å². The molecule has 2 heterocycles. The van der Waals surface area contributed by atoms with Crippen LogP contribution in [0.15, 0.2) is 52.3 Å². The minimum Gasteiger partial charge on any atom is -0.301 e. The molecule has 162 valence electrons. The number of halogens is 3. The minimum atomic E-state index is -0.0327. The number of hydrogen-bond acceptors (Lipinski definition) is 5. The first kappa shape index (κ1) is 22.7. The minimum absolute atomic E-state index is 0.0327. The number of carbonyl (C=O) groups is 1. The van der Waals surface area contributed by atoms with Crippen molar-refractivity contribution in [3.05, 3.63) is 67.9 Å². The van der Waals surface area contributed by atoms with Gasteiger partial charge in [0.05, 0.1) is 22.3 Å². The molecule has 1 aliphatic rings. The van der Waals surface area contributed by atoms with Crippen molar-refractivity contribution >= 4 is 61.5 Å². The summed E-state index contributed by atoms with van der Waals surface area (Å²) in [7, 11) is 0. The van der Waals surface area contributed by atoms with Crippen LogP contribution in [-0.4, -0.2) is 53.4 Å². The van der Waals surface area contributed by atoms with Gasteiger partial charge in [-0.2, -0.15) is 0 Å². The molecule has 0 aliphatic carbocycles. The molecular formula is C22H21BrCl2N4OS. The summed E-state index contributed by atoms with van der Waals surface area (Å²) in [6.45, 7) is 4.69. The number of aromatic nitrogens is 1. The van der Waals surface area contributed by atoms with Crippen LogP contribution in [0.2, 0.25) is 10.0 Å². The van der Waals surface area contributed by atoms with Crippen LogP contribution in [0, 0.1) is 0 Å². The summed E-state index contributed by atoms with van der Waals surface area (Å²) in [5.41, 5.74) is 3.03. The van der Waals surface area contributed by atoms with Crippen LogP contribution in [0.4, 0.5) is 5.13 Å². The van der Waals surface area contributed by atoms with E-state index in [1.54, 1.807) is 0 Å². The van der Waals surface area contributed by atoms with Crippen LogP contribution in [0.1, 0.15) is 5.56 Å². The normalized spacial score (nSPS) is 15.2. The number of thiazole rings is 1. The summed E-state index contributed by atoms with van der Waals surface area (Å²) < 4.78 is 1.03. The summed E-state index contributed by atoms with van der Waals surface area (Å²) >= 11 is 17.0. The van der Waals surface area contributed by atoms with Gasteiger partial charge in [-0.05, 0) is 29.8 Å². The second kappa shape index (κ2) is 10.4. The lowest BCUT2D eigenvalue weighted by Gasteiger charge is -2.34. The quantitative estimate of drug-likeness (QED) is 0.440. The van der Waals surface area contributed by atoms with Gasteiger partial charge in [0, 0.05) is 48.1 Å².